The largest absolute Gasteiger partial charge is 0.500 e. The number of allylic oxidation sites excluding steroid dienone is 1. The Morgan fingerprint density at radius 2 is 1.71 bits per heavy atom. The molecular weight excluding hydrogens is 316 g/mol. The SMILES string of the molecule is C=CC1CCCCC1C(C)(C=C)C(C)O[Si](CC)(OCC)OCC. The van der Waals surface area contributed by atoms with Crippen LogP contribution in [-0.2, 0) is 13.3 Å². The Labute approximate surface area is 150 Å². The van der Waals surface area contributed by atoms with E-state index in [1.54, 1.807) is 0 Å². The van der Waals surface area contributed by atoms with Crippen LogP contribution in [0.1, 0.15) is 60.3 Å². The van der Waals surface area contributed by atoms with Gasteiger partial charge in [-0.05, 0) is 45.4 Å². The Kier molecular flexibility index (Phi) is 8.92. The fourth-order valence-electron chi connectivity index (χ4n) is 4.07. The predicted molar refractivity (Wildman–Crippen MR) is 104 cm³/mol. The fraction of sp³-hybridized carbons (Fsp3) is 0.800. The maximum Gasteiger partial charge on any atom is 0.500 e. The monoisotopic (exact) mass is 354 g/mol. The zero-order chi connectivity index (χ0) is 18.2. The zero-order valence-corrected chi connectivity index (χ0v) is 17.5. The van der Waals surface area contributed by atoms with Crippen LogP contribution in [0, 0.1) is 17.3 Å². The zero-order valence-electron chi connectivity index (χ0n) is 16.5. The Balaban J connectivity index is 3.02. The summed E-state index contributed by atoms with van der Waals surface area (Å²) < 4.78 is 18.6. The molecule has 24 heavy (non-hydrogen) atoms. The summed E-state index contributed by atoms with van der Waals surface area (Å²) in [4.78, 5) is 0. The van der Waals surface area contributed by atoms with E-state index in [2.05, 4.69) is 46.1 Å². The predicted octanol–water partition coefficient (Wildman–Crippen LogP) is 5.61. The summed E-state index contributed by atoms with van der Waals surface area (Å²) in [6, 6.07) is 0.793. The highest BCUT2D eigenvalue weighted by atomic mass is 28.4. The lowest BCUT2D eigenvalue weighted by Gasteiger charge is -2.47. The summed E-state index contributed by atoms with van der Waals surface area (Å²) in [5.74, 6) is 1.05. The van der Waals surface area contributed by atoms with Gasteiger partial charge in [0.2, 0.25) is 0 Å². The van der Waals surface area contributed by atoms with Gasteiger partial charge in [-0.25, -0.2) is 0 Å². The highest BCUT2D eigenvalue weighted by molar-refractivity contribution is 6.60. The maximum absolute atomic E-state index is 6.56. The van der Waals surface area contributed by atoms with Crippen LogP contribution in [0.3, 0.4) is 0 Å². The lowest BCUT2D eigenvalue weighted by molar-refractivity contribution is -0.0310. The fourth-order valence-corrected chi connectivity index (χ4v) is 6.53. The molecule has 4 atom stereocenters. The molecule has 3 nitrogen and oxygen atoms in total. The number of hydrogen-bond acceptors (Lipinski definition) is 3. The van der Waals surface area contributed by atoms with Gasteiger partial charge in [-0.3, -0.25) is 0 Å². The molecule has 0 amide bonds. The van der Waals surface area contributed by atoms with Gasteiger partial charge < -0.3 is 13.3 Å². The van der Waals surface area contributed by atoms with Crippen molar-refractivity contribution in [1.82, 2.24) is 0 Å². The molecular formula is C20H38O3Si. The van der Waals surface area contributed by atoms with Crippen LogP contribution in [0.15, 0.2) is 25.3 Å². The van der Waals surface area contributed by atoms with E-state index in [1.807, 2.05) is 13.8 Å². The minimum Gasteiger partial charge on any atom is -0.374 e. The van der Waals surface area contributed by atoms with E-state index in [-0.39, 0.29) is 11.5 Å². The van der Waals surface area contributed by atoms with Crippen molar-refractivity contribution in [2.24, 2.45) is 17.3 Å². The minimum atomic E-state index is -2.63. The Morgan fingerprint density at radius 1 is 1.12 bits per heavy atom. The molecule has 0 heterocycles. The van der Waals surface area contributed by atoms with Crippen molar-refractivity contribution < 1.29 is 13.3 Å². The quantitative estimate of drug-likeness (QED) is 0.356. The van der Waals surface area contributed by atoms with E-state index in [9.17, 15) is 0 Å². The molecule has 1 aliphatic carbocycles. The van der Waals surface area contributed by atoms with Crippen LogP contribution in [0.4, 0.5) is 0 Å². The topological polar surface area (TPSA) is 27.7 Å². The van der Waals surface area contributed by atoms with Gasteiger partial charge in [0.1, 0.15) is 0 Å². The first-order valence-corrected chi connectivity index (χ1v) is 11.6. The molecule has 140 valence electrons. The van der Waals surface area contributed by atoms with E-state index in [0.717, 1.165) is 6.04 Å². The van der Waals surface area contributed by atoms with Gasteiger partial charge in [-0.15, -0.1) is 13.2 Å². The van der Waals surface area contributed by atoms with E-state index in [4.69, 9.17) is 13.3 Å². The van der Waals surface area contributed by atoms with Crippen molar-refractivity contribution in [3.05, 3.63) is 25.3 Å². The average molecular weight is 355 g/mol. The lowest BCUT2D eigenvalue weighted by Crippen LogP contribution is -2.52. The first-order chi connectivity index (χ1) is 11.4. The molecule has 1 saturated carbocycles. The van der Waals surface area contributed by atoms with Crippen LogP contribution in [0.5, 0.6) is 0 Å². The normalized spacial score (nSPS) is 25.7. The van der Waals surface area contributed by atoms with Crippen molar-refractivity contribution in [2.75, 3.05) is 13.2 Å². The first-order valence-electron chi connectivity index (χ1n) is 9.64. The van der Waals surface area contributed by atoms with Gasteiger partial charge in [0.05, 0.1) is 6.10 Å². The van der Waals surface area contributed by atoms with Crippen LogP contribution in [0.2, 0.25) is 6.04 Å². The molecule has 0 aromatic carbocycles. The molecule has 0 aromatic rings. The smallest absolute Gasteiger partial charge is 0.374 e. The highest BCUT2D eigenvalue weighted by Crippen LogP contribution is 2.47. The molecule has 0 aromatic heterocycles. The van der Waals surface area contributed by atoms with Gasteiger partial charge in [0.25, 0.3) is 0 Å². The summed E-state index contributed by atoms with van der Waals surface area (Å²) in [6.07, 6.45) is 9.23. The molecule has 1 rings (SSSR count). The maximum atomic E-state index is 6.56. The third-order valence-corrected chi connectivity index (χ3v) is 8.79. The standard InChI is InChI=1S/C20H38O3Si/c1-8-18-15-13-14-16-19(18)20(7,9-2)17(6)23-24(12-5,21-10-3)22-11-4/h8-9,17-19H,1-2,10-16H2,3-7H3. The highest BCUT2D eigenvalue weighted by Gasteiger charge is 2.47. The second-order valence-electron chi connectivity index (χ2n) is 7.02. The van der Waals surface area contributed by atoms with Gasteiger partial charge in [-0.2, -0.15) is 0 Å². The molecule has 1 aliphatic rings. The average Bonchev–Trinajstić information content (AvgIpc) is 2.61. The molecule has 0 radical (unpaired) electrons. The Hall–Kier alpha value is -0.423. The van der Waals surface area contributed by atoms with E-state index in [1.165, 1.54) is 25.7 Å². The second kappa shape index (κ2) is 9.90. The van der Waals surface area contributed by atoms with Crippen molar-refractivity contribution in [3.8, 4) is 0 Å². The van der Waals surface area contributed by atoms with Crippen molar-refractivity contribution in [2.45, 2.75) is 72.5 Å². The molecule has 0 spiro atoms. The molecule has 0 N–H and O–H groups in total. The Bertz CT molecular complexity index is 392. The first kappa shape index (κ1) is 21.6. The summed E-state index contributed by atoms with van der Waals surface area (Å²) in [6.45, 7) is 20.0. The molecule has 4 heteroatoms. The van der Waals surface area contributed by atoms with E-state index in [0.29, 0.717) is 25.0 Å². The van der Waals surface area contributed by atoms with Crippen LogP contribution in [0.25, 0.3) is 0 Å². The van der Waals surface area contributed by atoms with Crippen molar-refractivity contribution in [1.29, 1.82) is 0 Å². The van der Waals surface area contributed by atoms with E-state index < -0.39 is 8.80 Å². The summed E-state index contributed by atoms with van der Waals surface area (Å²) in [5.41, 5.74) is -0.110. The van der Waals surface area contributed by atoms with Gasteiger partial charge in [-0.1, -0.05) is 38.8 Å². The van der Waals surface area contributed by atoms with Gasteiger partial charge in [0.15, 0.2) is 0 Å². The third kappa shape index (κ3) is 4.81. The summed E-state index contributed by atoms with van der Waals surface area (Å²) in [7, 11) is -2.63. The third-order valence-electron chi connectivity index (χ3n) is 5.75. The number of rotatable bonds is 11. The molecule has 1 fully saturated rings. The minimum absolute atomic E-state index is 0.00488. The van der Waals surface area contributed by atoms with Crippen LogP contribution in [-0.4, -0.2) is 28.1 Å². The molecule has 4 unspecified atom stereocenters. The van der Waals surface area contributed by atoms with Crippen molar-refractivity contribution in [3.63, 3.8) is 0 Å². The van der Waals surface area contributed by atoms with Crippen LogP contribution >= 0.6 is 0 Å². The molecule has 0 saturated heterocycles. The summed E-state index contributed by atoms with van der Waals surface area (Å²) >= 11 is 0. The lowest BCUT2D eigenvalue weighted by atomic mass is 9.62. The Morgan fingerprint density at radius 3 is 2.17 bits per heavy atom. The molecule has 0 aliphatic heterocycles. The van der Waals surface area contributed by atoms with Crippen molar-refractivity contribution >= 4 is 8.80 Å². The number of hydrogen-bond donors (Lipinski definition) is 0. The summed E-state index contributed by atoms with van der Waals surface area (Å²) in [5, 5.41) is 0. The van der Waals surface area contributed by atoms with Crippen LogP contribution < -0.4 is 0 Å². The molecule has 0 bridgehead atoms. The van der Waals surface area contributed by atoms with Gasteiger partial charge >= 0.3 is 8.80 Å². The second-order valence-corrected chi connectivity index (χ2v) is 9.91. The van der Waals surface area contributed by atoms with Gasteiger partial charge in [0, 0.05) is 24.7 Å². The van der Waals surface area contributed by atoms with E-state index >= 15 is 0 Å².